The lowest BCUT2D eigenvalue weighted by molar-refractivity contribution is -0.126. The van der Waals surface area contributed by atoms with Gasteiger partial charge in [-0.25, -0.2) is 0 Å². The molecule has 0 aromatic heterocycles. The fourth-order valence-electron chi connectivity index (χ4n) is 2.96. The summed E-state index contributed by atoms with van der Waals surface area (Å²) in [5.41, 5.74) is 4.38. The van der Waals surface area contributed by atoms with Gasteiger partial charge in [-0.2, -0.15) is 5.10 Å². The molecular weight excluding hydrogens is 200 g/mol. The molecule has 0 spiro atoms. The smallest absolute Gasteiger partial charge is 0.144 e. The van der Waals surface area contributed by atoms with Crippen LogP contribution in [0.3, 0.4) is 0 Å². The Morgan fingerprint density at radius 2 is 2.19 bits per heavy atom. The van der Waals surface area contributed by atoms with E-state index in [2.05, 4.69) is 38.2 Å². The van der Waals surface area contributed by atoms with Gasteiger partial charge in [-0.3, -0.25) is 4.79 Å². The standard InChI is InChI=1S/C13H22N2O/c1-8(2)5-9-12-10(15-14-9)6-13(3,4)7-11(12)16/h8,10,12,15H,5-7H2,1-4H3. The lowest BCUT2D eigenvalue weighted by Crippen LogP contribution is -2.45. The van der Waals surface area contributed by atoms with Crippen LogP contribution in [-0.2, 0) is 4.79 Å². The first kappa shape index (κ1) is 11.6. The molecule has 2 atom stereocenters. The Hall–Kier alpha value is -0.860. The predicted molar refractivity (Wildman–Crippen MR) is 65.3 cm³/mol. The number of hydrazone groups is 1. The Morgan fingerprint density at radius 1 is 1.50 bits per heavy atom. The topological polar surface area (TPSA) is 41.5 Å². The van der Waals surface area contributed by atoms with E-state index < -0.39 is 0 Å². The summed E-state index contributed by atoms with van der Waals surface area (Å²) in [4.78, 5) is 12.2. The number of hydrogen-bond donors (Lipinski definition) is 1. The maximum Gasteiger partial charge on any atom is 0.144 e. The summed E-state index contributed by atoms with van der Waals surface area (Å²) >= 11 is 0. The largest absolute Gasteiger partial charge is 0.306 e. The van der Waals surface area contributed by atoms with E-state index >= 15 is 0 Å². The highest BCUT2D eigenvalue weighted by molar-refractivity contribution is 6.07. The molecule has 1 fully saturated rings. The zero-order valence-corrected chi connectivity index (χ0v) is 10.7. The van der Waals surface area contributed by atoms with Crippen LogP contribution in [0.5, 0.6) is 0 Å². The molecular formula is C13H22N2O. The Morgan fingerprint density at radius 3 is 2.81 bits per heavy atom. The average molecular weight is 222 g/mol. The number of Topliss-reactive ketones (excluding diaryl/α,β-unsaturated/α-hetero) is 1. The van der Waals surface area contributed by atoms with Crippen molar-refractivity contribution < 1.29 is 4.79 Å². The Kier molecular flexibility index (Phi) is 2.81. The molecule has 2 rings (SSSR count). The van der Waals surface area contributed by atoms with Crippen LogP contribution in [0.15, 0.2) is 5.10 Å². The van der Waals surface area contributed by atoms with Crippen molar-refractivity contribution in [3.8, 4) is 0 Å². The van der Waals surface area contributed by atoms with Gasteiger partial charge in [-0.1, -0.05) is 27.7 Å². The molecule has 0 aromatic carbocycles. The normalized spacial score (nSPS) is 32.3. The fraction of sp³-hybridized carbons (Fsp3) is 0.846. The maximum absolute atomic E-state index is 12.2. The molecule has 0 aromatic rings. The molecule has 1 heterocycles. The zero-order chi connectivity index (χ0) is 11.9. The summed E-state index contributed by atoms with van der Waals surface area (Å²) in [5, 5.41) is 4.38. The second-order valence-electron chi connectivity index (χ2n) is 6.43. The monoisotopic (exact) mass is 222 g/mol. The van der Waals surface area contributed by atoms with Gasteiger partial charge in [0, 0.05) is 6.42 Å². The molecule has 90 valence electrons. The first-order valence-corrected chi connectivity index (χ1v) is 6.24. The Balaban J connectivity index is 2.12. The minimum Gasteiger partial charge on any atom is -0.306 e. The van der Waals surface area contributed by atoms with Crippen molar-refractivity contribution in [1.29, 1.82) is 0 Å². The van der Waals surface area contributed by atoms with E-state index in [4.69, 9.17) is 0 Å². The first-order chi connectivity index (χ1) is 7.39. The SMILES string of the molecule is CC(C)CC1=NNC2CC(C)(C)CC(=O)C12. The first-order valence-electron chi connectivity index (χ1n) is 6.24. The van der Waals surface area contributed by atoms with Crippen molar-refractivity contribution in [2.45, 2.75) is 53.0 Å². The van der Waals surface area contributed by atoms with Crippen LogP contribution < -0.4 is 5.43 Å². The lowest BCUT2D eigenvalue weighted by Gasteiger charge is -2.36. The lowest BCUT2D eigenvalue weighted by atomic mass is 9.68. The zero-order valence-electron chi connectivity index (χ0n) is 10.7. The Labute approximate surface area is 97.7 Å². The van der Waals surface area contributed by atoms with Crippen molar-refractivity contribution in [2.75, 3.05) is 0 Å². The van der Waals surface area contributed by atoms with Crippen LogP contribution in [0.2, 0.25) is 0 Å². The minimum atomic E-state index is 0.0652. The van der Waals surface area contributed by atoms with Gasteiger partial charge in [-0.05, 0) is 24.2 Å². The average Bonchev–Trinajstić information content (AvgIpc) is 2.44. The maximum atomic E-state index is 12.2. The van der Waals surface area contributed by atoms with Crippen LogP contribution in [-0.4, -0.2) is 17.5 Å². The summed E-state index contributed by atoms with van der Waals surface area (Å²) in [6, 6.07) is 0.255. The summed E-state index contributed by atoms with van der Waals surface area (Å²) in [6.07, 6.45) is 2.70. The van der Waals surface area contributed by atoms with E-state index in [9.17, 15) is 4.79 Å². The molecule has 3 nitrogen and oxygen atoms in total. The highest BCUT2D eigenvalue weighted by Crippen LogP contribution is 2.39. The number of carbonyl (C=O) groups is 1. The molecule has 1 aliphatic carbocycles. The molecule has 16 heavy (non-hydrogen) atoms. The van der Waals surface area contributed by atoms with Crippen molar-refractivity contribution >= 4 is 11.5 Å². The van der Waals surface area contributed by atoms with Gasteiger partial charge in [0.25, 0.3) is 0 Å². The fourth-order valence-corrected chi connectivity index (χ4v) is 2.96. The highest BCUT2D eigenvalue weighted by atomic mass is 16.1. The number of fused-ring (bicyclic) bond motifs is 1. The van der Waals surface area contributed by atoms with Crippen LogP contribution in [0.4, 0.5) is 0 Å². The number of carbonyl (C=O) groups excluding carboxylic acids is 1. The molecule has 2 unspecified atom stereocenters. The number of nitrogens with zero attached hydrogens (tertiary/aromatic N) is 1. The number of ketones is 1. The molecule has 3 heteroatoms. The van der Waals surface area contributed by atoms with Gasteiger partial charge in [0.05, 0.1) is 17.7 Å². The van der Waals surface area contributed by atoms with E-state index in [0.29, 0.717) is 18.1 Å². The summed E-state index contributed by atoms with van der Waals surface area (Å²) in [7, 11) is 0. The van der Waals surface area contributed by atoms with Gasteiger partial charge in [0.15, 0.2) is 0 Å². The molecule has 0 saturated heterocycles. The predicted octanol–water partition coefficient (Wildman–Crippen LogP) is 2.37. The molecule has 1 saturated carbocycles. The van der Waals surface area contributed by atoms with Crippen LogP contribution in [0.25, 0.3) is 0 Å². The minimum absolute atomic E-state index is 0.0652. The summed E-state index contributed by atoms with van der Waals surface area (Å²) < 4.78 is 0. The number of nitrogens with one attached hydrogen (secondary N) is 1. The summed E-state index contributed by atoms with van der Waals surface area (Å²) in [5.74, 6) is 1.02. The highest BCUT2D eigenvalue weighted by Gasteiger charge is 2.45. The van der Waals surface area contributed by atoms with E-state index in [1.54, 1.807) is 0 Å². The van der Waals surface area contributed by atoms with Crippen molar-refractivity contribution in [2.24, 2.45) is 22.4 Å². The quantitative estimate of drug-likeness (QED) is 0.779. The van der Waals surface area contributed by atoms with Crippen molar-refractivity contribution in [1.82, 2.24) is 5.43 Å². The van der Waals surface area contributed by atoms with Gasteiger partial charge >= 0.3 is 0 Å². The molecule has 1 N–H and O–H groups in total. The second-order valence-corrected chi connectivity index (χ2v) is 6.43. The van der Waals surface area contributed by atoms with Crippen LogP contribution in [0.1, 0.15) is 47.0 Å². The molecule has 0 radical (unpaired) electrons. The van der Waals surface area contributed by atoms with Gasteiger partial charge in [-0.15, -0.1) is 0 Å². The molecule has 2 aliphatic rings. The summed E-state index contributed by atoms with van der Waals surface area (Å²) in [6.45, 7) is 8.69. The van der Waals surface area contributed by atoms with E-state index in [0.717, 1.165) is 18.6 Å². The van der Waals surface area contributed by atoms with Crippen LogP contribution >= 0.6 is 0 Å². The molecule has 0 bridgehead atoms. The van der Waals surface area contributed by atoms with Gasteiger partial charge in [0.1, 0.15) is 5.78 Å². The molecule has 0 amide bonds. The number of rotatable bonds is 2. The van der Waals surface area contributed by atoms with Crippen LogP contribution in [0, 0.1) is 17.3 Å². The third-order valence-electron chi connectivity index (χ3n) is 3.52. The Bertz CT molecular complexity index is 331. The third kappa shape index (κ3) is 2.13. The van der Waals surface area contributed by atoms with E-state index in [1.165, 1.54) is 0 Å². The third-order valence-corrected chi connectivity index (χ3v) is 3.52. The molecule has 1 aliphatic heterocycles. The van der Waals surface area contributed by atoms with Gasteiger partial charge in [0.2, 0.25) is 0 Å². The van der Waals surface area contributed by atoms with Gasteiger partial charge < -0.3 is 5.43 Å². The van der Waals surface area contributed by atoms with Crippen molar-refractivity contribution in [3.05, 3.63) is 0 Å². The number of hydrogen-bond acceptors (Lipinski definition) is 3. The van der Waals surface area contributed by atoms with E-state index in [1.807, 2.05) is 0 Å². The second kappa shape index (κ2) is 3.86. The van der Waals surface area contributed by atoms with Crippen molar-refractivity contribution in [3.63, 3.8) is 0 Å². The van der Waals surface area contributed by atoms with E-state index in [-0.39, 0.29) is 17.4 Å².